The molecular formula is C17H19N3O. The van der Waals surface area contributed by atoms with E-state index < -0.39 is 0 Å². The van der Waals surface area contributed by atoms with Crippen molar-refractivity contribution in [2.45, 2.75) is 26.7 Å². The summed E-state index contributed by atoms with van der Waals surface area (Å²) >= 11 is 0. The summed E-state index contributed by atoms with van der Waals surface area (Å²) in [6.45, 7) is 4.03. The van der Waals surface area contributed by atoms with Crippen LogP contribution in [0.3, 0.4) is 0 Å². The number of nitrogens with one attached hydrogen (secondary N) is 1. The Bertz CT molecular complexity index is 618. The average molecular weight is 281 g/mol. The van der Waals surface area contributed by atoms with Crippen molar-refractivity contribution in [3.63, 3.8) is 0 Å². The van der Waals surface area contributed by atoms with Crippen LogP contribution in [0, 0.1) is 0 Å². The molecule has 1 amide bonds. The predicted octanol–water partition coefficient (Wildman–Crippen LogP) is 3.19. The molecule has 2 rings (SSSR count). The highest BCUT2D eigenvalue weighted by Gasteiger charge is 2.05. The minimum atomic E-state index is -0.308. The summed E-state index contributed by atoms with van der Waals surface area (Å²) in [5, 5.41) is 4.12. The third-order valence-electron chi connectivity index (χ3n) is 3.13. The van der Waals surface area contributed by atoms with Crippen molar-refractivity contribution < 1.29 is 4.79 Å². The molecule has 21 heavy (non-hydrogen) atoms. The Morgan fingerprint density at radius 2 is 1.95 bits per heavy atom. The van der Waals surface area contributed by atoms with E-state index in [4.69, 9.17) is 0 Å². The molecule has 0 spiro atoms. The lowest BCUT2D eigenvalue weighted by Crippen LogP contribution is -2.20. The number of carbonyl (C=O) groups is 1. The van der Waals surface area contributed by atoms with Crippen molar-refractivity contribution in [3.05, 3.63) is 65.5 Å². The van der Waals surface area contributed by atoms with E-state index in [9.17, 15) is 4.79 Å². The molecule has 108 valence electrons. The number of rotatable bonds is 5. The molecule has 0 atom stereocenters. The Hall–Kier alpha value is -2.49. The van der Waals surface area contributed by atoms with Crippen molar-refractivity contribution in [2.75, 3.05) is 0 Å². The Labute approximate surface area is 124 Å². The number of aromatic nitrogens is 1. The van der Waals surface area contributed by atoms with Crippen molar-refractivity contribution in [1.29, 1.82) is 0 Å². The van der Waals surface area contributed by atoms with Crippen LogP contribution in [0.25, 0.3) is 0 Å². The lowest BCUT2D eigenvalue weighted by molar-refractivity contribution is 0.0950. The van der Waals surface area contributed by atoms with Gasteiger partial charge >= 0.3 is 0 Å². The van der Waals surface area contributed by atoms with Crippen LogP contribution in [0.1, 0.15) is 41.9 Å². The molecule has 0 saturated carbocycles. The second-order valence-electron chi connectivity index (χ2n) is 4.80. The zero-order valence-corrected chi connectivity index (χ0v) is 12.3. The van der Waals surface area contributed by atoms with Gasteiger partial charge in [-0.05, 0) is 36.6 Å². The number of nitrogens with zero attached hydrogens (tertiary/aromatic N) is 2. The summed E-state index contributed by atoms with van der Waals surface area (Å²) in [6.07, 6.45) is 3.79. The molecule has 0 aliphatic rings. The zero-order chi connectivity index (χ0) is 15.1. The highest BCUT2D eigenvalue weighted by molar-refractivity contribution is 6.00. The van der Waals surface area contributed by atoms with Gasteiger partial charge in [0.05, 0.1) is 5.71 Å². The van der Waals surface area contributed by atoms with Gasteiger partial charge in [0.25, 0.3) is 5.91 Å². The Kier molecular flexibility index (Phi) is 5.21. The van der Waals surface area contributed by atoms with E-state index in [1.165, 1.54) is 5.56 Å². The summed E-state index contributed by atoms with van der Waals surface area (Å²) in [5.74, 6) is -0.308. The van der Waals surface area contributed by atoms with Crippen molar-refractivity contribution in [3.8, 4) is 0 Å². The van der Waals surface area contributed by atoms with Gasteiger partial charge in [-0.2, -0.15) is 5.10 Å². The largest absolute Gasteiger partial charge is 0.289 e. The second-order valence-corrected chi connectivity index (χ2v) is 4.80. The summed E-state index contributed by atoms with van der Waals surface area (Å²) in [5.41, 5.74) is 5.95. The fraction of sp³-hybridized carbons (Fsp3) is 0.235. The normalized spacial score (nSPS) is 11.2. The maximum absolute atomic E-state index is 11.8. The third kappa shape index (κ3) is 4.24. The highest BCUT2D eigenvalue weighted by atomic mass is 16.2. The highest BCUT2D eigenvalue weighted by Crippen LogP contribution is 2.07. The van der Waals surface area contributed by atoms with Gasteiger partial charge in [0.15, 0.2) is 0 Å². The number of carbonyl (C=O) groups excluding carboxylic acids is 1. The van der Waals surface area contributed by atoms with E-state index in [0.29, 0.717) is 5.69 Å². The van der Waals surface area contributed by atoms with E-state index >= 15 is 0 Å². The van der Waals surface area contributed by atoms with Gasteiger partial charge in [-0.25, -0.2) is 5.43 Å². The first kappa shape index (κ1) is 14.9. The van der Waals surface area contributed by atoms with Crippen LogP contribution in [0.4, 0.5) is 0 Å². The van der Waals surface area contributed by atoms with Gasteiger partial charge in [-0.3, -0.25) is 9.78 Å². The van der Waals surface area contributed by atoms with Crippen LogP contribution in [-0.4, -0.2) is 16.6 Å². The van der Waals surface area contributed by atoms with Gasteiger partial charge in [0, 0.05) is 6.20 Å². The molecule has 1 N–H and O–H groups in total. The molecule has 1 heterocycles. The predicted molar refractivity (Wildman–Crippen MR) is 84.4 cm³/mol. The number of amides is 1. The van der Waals surface area contributed by atoms with E-state index in [1.54, 1.807) is 24.4 Å². The average Bonchev–Trinajstić information content (AvgIpc) is 2.54. The van der Waals surface area contributed by atoms with Crippen LogP contribution in [0.15, 0.2) is 53.8 Å². The molecule has 0 aliphatic carbocycles. The first-order valence-electron chi connectivity index (χ1n) is 7.05. The van der Waals surface area contributed by atoms with Crippen LogP contribution in [-0.2, 0) is 6.42 Å². The van der Waals surface area contributed by atoms with Crippen molar-refractivity contribution in [1.82, 2.24) is 10.4 Å². The molecule has 0 fully saturated rings. The molecular weight excluding hydrogens is 262 g/mol. The van der Waals surface area contributed by atoms with E-state index in [-0.39, 0.29) is 5.91 Å². The maximum atomic E-state index is 11.8. The van der Waals surface area contributed by atoms with E-state index in [2.05, 4.69) is 34.6 Å². The second kappa shape index (κ2) is 7.33. The minimum absolute atomic E-state index is 0.308. The lowest BCUT2D eigenvalue weighted by atomic mass is 10.1. The number of pyridine rings is 1. The number of aryl methyl sites for hydroxylation is 1. The molecule has 0 bridgehead atoms. The number of hydrogen-bond donors (Lipinski definition) is 1. The zero-order valence-electron chi connectivity index (χ0n) is 12.3. The molecule has 0 aliphatic heterocycles. The first-order valence-corrected chi connectivity index (χ1v) is 7.05. The van der Waals surface area contributed by atoms with Gasteiger partial charge in [-0.1, -0.05) is 43.7 Å². The summed E-state index contributed by atoms with van der Waals surface area (Å²) in [4.78, 5) is 15.8. The molecule has 0 saturated heterocycles. The topological polar surface area (TPSA) is 54.4 Å². The smallest absolute Gasteiger partial charge is 0.266 e. The van der Waals surface area contributed by atoms with Gasteiger partial charge in [0.2, 0.25) is 0 Å². The standard InChI is InChI=1S/C17H19N3O/c1-3-6-14-8-10-15(11-9-14)13(2)19-20-17(21)16-7-4-5-12-18-16/h4-5,7-12H,3,6H2,1-2H3,(H,20,21)/b19-13-. The molecule has 1 aromatic carbocycles. The van der Waals surface area contributed by atoms with Gasteiger partial charge in [0.1, 0.15) is 5.69 Å². The Morgan fingerprint density at radius 3 is 2.57 bits per heavy atom. The number of benzene rings is 1. The Morgan fingerprint density at radius 1 is 1.19 bits per heavy atom. The van der Waals surface area contributed by atoms with Crippen LogP contribution >= 0.6 is 0 Å². The quantitative estimate of drug-likeness (QED) is 0.676. The monoisotopic (exact) mass is 281 g/mol. The molecule has 0 unspecified atom stereocenters. The van der Waals surface area contributed by atoms with Crippen molar-refractivity contribution in [2.24, 2.45) is 5.10 Å². The van der Waals surface area contributed by atoms with Crippen LogP contribution < -0.4 is 5.43 Å². The summed E-state index contributed by atoms with van der Waals surface area (Å²) in [6, 6.07) is 13.4. The molecule has 2 aromatic rings. The fourth-order valence-corrected chi connectivity index (χ4v) is 1.95. The number of hydrogen-bond acceptors (Lipinski definition) is 3. The van der Waals surface area contributed by atoms with E-state index in [0.717, 1.165) is 24.1 Å². The Balaban J connectivity index is 2.02. The SMILES string of the molecule is CCCc1ccc(/C(C)=N\NC(=O)c2ccccn2)cc1. The first-order chi connectivity index (χ1) is 10.2. The lowest BCUT2D eigenvalue weighted by Gasteiger charge is -2.04. The molecule has 4 nitrogen and oxygen atoms in total. The van der Waals surface area contributed by atoms with Crippen LogP contribution in [0.5, 0.6) is 0 Å². The molecule has 0 radical (unpaired) electrons. The van der Waals surface area contributed by atoms with Gasteiger partial charge in [-0.15, -0.1) is 0 Å². The van der Waals surface area contributed by atoms with Crippen molar-refractivity contribution >= 4 is 11.6 Å². The van der Waals surface area contributed by atoms with Crippen LogP contribution in [0.2, 0.25) is 0 Å². The fourth-order valence-electron chi connectivity index (χ4n) is 1.95. The maximum Gasteiger partial charge on any atom is 0.289 e. The summed E-state index contributed by atoms with van der Waals surface area (Å²) < 4.78 is 0. The molecule has 1 aromatic heterocycles. The molecule has 4 heteroatoms. The summed E-state index contributed by atoms with van der Waals surface area (Å²) in [7, 11) is 0. The number of hydrazone groups is 1. The minimum Gasteiger partial charge on any atom is -0.266 e. The van der Waals surface area contributed by atoms with Gasteiger partial charge < -0.3 is 0 Å². The van der Waals surface area contributed by atoms with E-state index in [1.807, 2.05) is 19.1 Å². The third-order valence-corrected chi connectivity index (χ3v) is 3.13.